The number of aromatic nitrogens is 3. The lowest BCUT2D eigenvalue weighted by Gasteiger charge is -2.10. The van der Waals surface area contributed by atoms with Crippen LogP contribution in [-0.2, 0) is 0 Å². The van der Waals surface area contributed by atoms with Gasteiger partial charge in [0.25, 0.3) is 0 Å². The molecule has 1 N–H and O–H groups in total. The maximum absolute atomic E-state index is 5.75. The van der Waals surface area contributed by atoms with Crippen molar-refractivity contribution in [1.82, 2.24) is 15.0 Å². The van der Waals surface area contributed by atoms with Gasteiger partial charge in [-0.3, -0.25) is 0 Å². The highest BCUT2D eigenvalue weighted by atomic mass is 16.5. The third-order valence-corrected chi connectivity index (χ3v) is 3.40. The van der Waals surface area contributed by atoms with Crippen LogP contribution < -0.4 is 14.8 Å². The van der Waals surface area contributed by atoms with Gasteiger partial charge in [-0.2, -0.15) is 9.97 Å². The van der Waals surface area contributed by atoms with Crippen molar-refractivity contribution in [3.05, 3.63) is 84.7 Å². The molecule has 0 aliphatic heterocycles. The number of allylic oxidation sites excluding steroid dienone is 3. The Kier molecular flexibility index (Phi) is 6.14. The normalized spacial score (nSPS) is 11.4. The number of hydrogen-bond donors (Lipinski definition) is 1. The minimum absolute atomic E-state index is 0.139. The molecular formula is C21H20N4O2. The second kappa shape index (κ2) is 9.15. The summed E-state index contributed by atoms with van der Waals surface area (Å²) in [4.78, 5) is 12.9. The number of ether oxygens (including phenoxy) is 2. The Balaban J connectivity index is 1.91. The Bertz CT molecular complexity index is 866. The van der Waals surface area contributed by atoms with Gasteiger partial charge in [0.05, 0.1) is 0 Å². The maximum atomic E-state index is 5.75. The van der Waals surface area contributed by atoms with Crippen molar-refractivity contribution in [3.8, 4) is 17.8 Å². The zero-order valence-corrected chi connectivity index (χ0v) is 15.2. The SMILES string of the molecule is C/C=C\C(=C/C)Oc1nc(Nc2ccccc2)nc(Oc2ccccc2)n1. The highest BCUT2D eigenvalue weighted by Gasteiger charge is 2.11. The predicted octanol–water partition coefficient (Wildman–Crippen LogP) is 5.27. The fourth-order valence-corrected chi connectivity index (χ4v) is 2.19. The van der Waals surface area contributed by atoms with Gasteiger partial charge < -0.3 is 14.8 Å². The summed E-state index contributed by atoms with van der Waals surface area (Å²) >= 11 is 0. The van der Waals surface area contributed by atoms with E-state index in [1.165, 1.54) is 0 Å². The van der Waals surface area contributed by atoms with E-state index >= 15 is 0 Å². The van der Waals surface area contributed by atoms with Crippen LogP contribution >= 0.6 is 0 Å². The summed E-state index contributed by atoms with van der Waals surface area (Å²) in [5.41, 5.74) is 0.847. The lowest BCUT2D eigenvalue weighted by Crippen LogP contribution is -2.05. The third kappa shape index (κ3) is 5.40. The molecular weight excluding hydrogens is 340 g/mol. The Morgan fingerprint density at radius 1 is 0.852 bits per heavy atom. The van der Waals surface area contributed by atoms with E-state index in [-0.39, 0.29) is 12.0 Å². The molecule has 6 heteroatoms. The molecule has 0 unspecified atom stereocenters. The fourth-order valence-electron chi connectivity index (χ4n) is 2.19. The molecule has 0 fully saturated rings. The third-order valence-electron chi connectivity index (χ3n) is 3.40. The van der Waals surface area contributed by atoms with Gasteiger partial charge in [-0.05, 0) is 50.3 Å². The molecule has 0 spiro atoms. The second-order valence-electron chi connectivity index (χ2n) is 5.42. The summed E-state index contributed by atoms with van der Waals surface area (Å²) < 4.78 is 11.5. The maximum Gasteiger partial charge on any atom is 0.330 e. The molecule has 3 aromatic rings. The molecule has 1 aromatic heterocycles. The summed E-state index contributed by atoms with van der Waals surface area (Å²) in [6, 6.07) is 19.2. The summed E-state index contributed by atoms with van der Waals surface area (Å²) in [7, 11) is 0. The van der Waals surface area contributed by atoms with Gasteiger partial charge in [0, 0.05) is 5.69 Å². The first-order chi connectivity index (χ1) is 13.3. The van der Waals surface area contributed by atoms with E-state index in [0.29, 0.717) is 17.5 Å². The van der Waals surface area contributed by atoms with Crippen LogP contribution in [0.5, 0.6) is 17.8 Å². The molecule has 2 aromatic carbocycles. The molecule has 0 aliphatic carbocycles. The van der Waals surface area contributed by atoms with Crippen molar-refractivity contribution in [2.75, 3.05) is 5.32 Å². The topological polar surface area (TPSA) is 69.2 Å². The first-order valence-electron chi connectivity index (χ1n) is 8.54. The van der Waals surface area contributed by atoms with E-state index in [1.807, 2.05) is 92.7 Å². The average molecular weight is 360 g/mol. The van der Waals surface area contributed by atoms with Gasteiger partial charge in [0.2, 0.25) is 5.95 Å². The number of nitrogens with zero attached hydrogens (tertiary/aromatic N) is 3. The molecule has 27 heavy (non-hydrogen) atoms. The van der Waals surface area contributed by atoms with E-state index in [1.54, 1.807) is 0 Å². The standard InChI is InChI=1S/C21H20N4O2/c1-3-11-17(4-2)26-20-23-19(22-16-12-7-5-8-13-16)24-21(25-20)27-18-14-9-6-10-15-18/h3-15H,1-2H3,(H,22,23,24,25)/b11-3-,17-4+. The van der Waals surface area contributed by atoms with Crippen LogP contribution in [0.1, 0.15) is 13.8 Å². The zero-order chi connectivity index (χ0) is 18.9. The van der Waals surface area contributed by atoms with Crippen LogP contribution in [0, 0.1) is 0 Å². The van der Waals surface area contributed by atoms with Crippen LogP contribution in [0.3, 0.4) is 0 Å². The highest BCUT2D eigenvalue weighted by molar-refractivity contribution is 5.53. The van der Waals surface area contributed by atoms with Crippen molar-refractivity contribution in [3.63, 3.8) is 0 Å². The average Bonchev–Trinajstić information content (AvgIpc) is 2.69. The van der Waals surface area contributed by atoms with Gasteiger partial charge >= 0.3 is 12.0 Å². The minimum Gasteiger partial charge on any atom is -0.424 e. The zero-order valence-electron chi connectivity index (χ0n) is 15.2. The molecule has 136 valence electrons. The lowest BCUT2D eigenvalue weighted by atomic mass is 10.3. The van der Waals surface area contributed by atoms with Crippen LogP contribution in [0.25, 0.3) is 0 Å². The van der Waals surface area contributed by atoms with E-state index in [0.717, 1.165) is 5.69 Å². The summed E-state index contributed by atoms with van der Waals surface area (Å²) in [5.74, 6) is 1.58. The van der Waals surface area contributed by atoms with Crippen LogP contribution in [0.15, 0.2) is 84.7 Å². The van der Waals surface area contributed by atoms with E-state index in [2.05, 4.69) is 20.3 Å². The van der Waals surface area contributed by atoms with Crippen molar-refractivity contribution < 1.29 is 9.47 Å². The molecule has 0 atom stereocenters. The number of rotatable bonds is 7. The van der Waals surface area contributed by atoms with Gasteiger partial charge in [0.1, 0.15) is 11.5 Å². The molecule has 0 saturated carbocycles. The molecule has 6 nitrogen and oxygen atoms in total. The number of hydrogen-bond acceptors (Lipinski definition) is 6. The van der Waals surface area contributed by atoms with Crippen molar-refractivity contribution in [1.29, 1.82) is 0 Å². The first-order valence-corrected chi connectivity index (χ1v) is 8.54. The van der Waals surface area contributed by atoms with Gasteiger partial charge in [-0.1, -0.05) is 42.5 Å². The van der Waals surface area contributed by atoms with Crippen LogP contribution in [-0.4, -0.2) is 15.0 Å². The Hall–Kier alpha value is -3.67. The molecule has 0 amide bonds. The monoisotopic (exact) mass is 360 g/mol. The number of nitrogens with one attached hydrogen (secondary N) is 1. The summed E-state index contributed by atoms with van der Waals surface area (Å²) in [6.45, 7) is 3.79. The lowest BCUT2D eigenvalue weighted by molar-refractivity contribution is 0.379. The molecule has 0 aliphatic rings. The Labute approximate surface area is 158 Å². The van der Waals surface area contributed by atoms with Crippen LogP contribution in [0.2, 0.25) is 0 Å². The van der Waals surface area contributed by atoms with Gasteiger partial charge in [-0.25, -0.2) is 0 Å². The quantitative estimate of drug-likeness (QED) is 0.457. The van der Waals surface area contributed by atoms with Crippen molar-refractivity contribution >= 4 is 11.6 Å². The predicted molar refractivity (Wildman–Crippen MR) is 105 cm³/mol. The fraction of sp³-hybridized carbons (Fsp3) is 0.0952. The molecule has 0 radical (unpaired) electrons. The molecule has 3 rings (SSSR count). The molecule has 0 bridgehead atoms. The van der Waals surface area contributed by atoms with Crippen molar-refractivity contribution in [2.24, 2.45) is 0 Å². The second-order valence-corrected chi connectivity index (χ2v) is 5.42. The first kappa shape index (κ1) is 18.1. The minimum atomic E-state index is 0.139. The number of para-hydroxylation sites is 2. The number of anilines is 2. The summed E-state index contributed by atoms with van der Waals surface area (Å²) in [6.07, 6.45) is 5.53. The Morgan fingerprint density at radius 2 is 1.52 bits per heavy atom. The van der Waals surface area contributed by atoms with E-state index in [4.69, 9.17) is 9.47 Å². The van der Waals surface area contributed by atoms with Gasteiger partial charge in [-0.15, -0.1) is 4.98 Å². The smallest absolute Gasteiger partial charge is 0.330 e. The highest BCUT2D eigenvalue weighted by Crippen LogP contribution is 2.23. The van der Waals surface area contributed by atoms with E-state index in [9.17, 15) is 0 Å². The molecule has 1 heterocycles. The van der Waals surface area contributed by atoms with Crippen molar-refractivity contribution in [2.45, 2.75) is 13.8 Å². The van der Waals surface area contributed by atoms with Gasteiger partial charge in [0.15, 0.2) is 0 Å². The number of benzene rings is 2. The summed E-state index contributed by atoms with van der Waals surface area (Å²) in [5, 5.41) is 3.13. The van der Waals surface area contributed by atoms with E-state index < -0.39 is 0 Å². The largest absolute Gasteiger partial charge is 0.424 e. The Morgan fingerprint density at radius 3 is 2.19 bits per heavy atom. The van der Waals surface area contributed by atoms with Crippen LogP contribution in [0.4, 0.5) is 11.6 Å². The molecule has 0 saturated heterocycles.